The van der Waals surface area contributed by atoms with Gasteiger partial charge in [-0.15, -0.1) is 0 Å². The Morgan fingerprint density at radius 3 is 2.61 bits per heavy atom. The third-order valence-electron chi connectivity index (χ3n) is 2.67. The molecule has 0 saturated heterocycles. The summed E-state index contributed by atoms with van der Waals surface area (Å²) < 4.78 is 7.02. The van der Waals surface area contributed by atoms with E-state index in [4.69, 9.17) is 10.5 Å². The molecule has 1 aromatic carbocycles. The molecule has 2 aromatic rings. The SMILES string of the molecule is COc1ccc(C[n+]2cccc(C(N)=O)c2)cc1. The second-order valence-electron chi connectivity index (χ2n) is 3.98. The minimum absolute atomic E-state index is 0.418. The summed E-state index contributed by atoms with van der Waals surface area (Å²) in [5.74, 6) is 0.411. The molecule has 92 valence electrons. The van der Waals surface area contributed by atoms with Crippen molar-refractivity contribution in [3.63, 3.8) is 0 Å². The number of nitrogens with zero attached hydrogens (tertiary/aromatic N) is 1. The first-order valence-corrected chi connectivity index (χ1v) is 5.61. The molecule has 1 heterocycles. The van der Waals surface area contributed by atoms with Crippen LogP contribution in [0.3, 0.4) is 0 Å². The Morgan fingerprint density at radius 2 is 2.00 bits per heavy atom. The van der Waals surface area contributed by atoms with Gasteiger partial charge in [0.1, 0.15) is 11.3 Å². The smallest absolute Gasteiger partial charge is 0.254 e. The second kappa shape index (κ2) is 5.31. The molecule has 0 atom stereocenters. The van der Waals surface area contributed by atoms with Crippen molar-refractivity contribution in [1.82, 2.24) is 0 Å². The van der Waals surface area contributed by atoms with Crippen LogP contribution < -0.4 is 15.0 Å². The van der Waals surface area contributed by atoms with Crippen LogP contribution in [-0.4, -0.2) is 13.0 Å². The predicted molar refractivity (Wildman–Crippen MR) is 67.3 cm³/mol. The Hall–Kier alpha value is -2.36. The van der Waals surface area contributed by atoms with Gasteiger partial charge in [0.15, 0.2) is 18.9 Å². The lowest BCUT2D eigenvalue weighted by atomic mass is 10.2. The highest BCUT2D eigenvalue weighted by Gasteiger charge is 2.07. The van der Waals surface area contributed by atoms with E-state index >= 15 is 0 Å². The molecule has 0 fully saturated rings. The van der Waals surface area contributed by atoms with Gasteiger partial charge in [-0.3, -0.25) is 4.79 Å². The number of carbonyl (C=O) groups excluding carboxylic acids is 1. The first kappa shape index (κ1) is 12.1. The minimum Gasteiger partial charge on any atom is -0.497 e. The van der Waals surface area contributed by atoms with E-state index in [1.54, 1.807) is 19.4 Å². The summed E-state index contributed by atoms with van der Waals surface area (Å²) in [6, 6.07) is 11.3. The molecule has 0 saturated carbocycles. The normalized spacial score (nSPS) is 10.1. The number of pyridine rings is 1. The Labute approximate surface area is 106 Å². The fourth-order valence-corrected chi connectivity index (χ4v) is 1.71. The van der Waals surface area contributed by atoms with E-state index in [9.17, 15) is 4.79 Å². The van der Waals surface area contributed by atoms with Crippen molar-refractivity contribution < 1.29 is 14.1 Å². The molecular weight excluding hydrogens is 228 g/mol. The molecule has 0 spiro atoms. The van der Waals surface area contributed by atoms with Crippen LogP contribution in [-0.2, 0) is 6.54 Å². The maximum Gasteiger partial charge on any atom is 0.254 e. The number of primary amides is 1. The standard InChI is InChI=1S/C14H14N2O2/c1-18-13-6-4-11(5-7-13)9-16-8-2-3-12(10-16)14(15)17/h2-8,10H,9H2,1H3,(H-,15,17)/p+1. The molecule has 4 nitrogen and oxygen atoms in total. The zero-order chi connectivity index (χ0) is 13.0. The van der Waals surface area contributed by atoms with Crippen LogP contribution in [0.1, 0.15) is 15.9 Å². The fourth-order valence-electron chi connectivity index (χ4n) is 1.71. The summed E-state index contributed by atoms with van der Waals surface area (Å²) in [7, 11) is 1.64. The van der Waals surface area contributed by atoms with Crippen LogP contribution in [0.25, 0.3) is 0 Å². The van der Waals surface area contributed by atoms with Crippen LogP contribution in [0.5, 0.6) is 5.75 Å². The summed E-state index contributed by atoms with van der Waals surface area (Å²) in [6.07, 6.45) is 3.64. The number of hydrogen-bond donors (Lipinski definition) is 1. The fraction of sp³-hybridized carbons (Fsp3) is 0.143. The van der Waals surface area contributed by atoms with E-state index in [0.29, 0.717) is 12.1 Å². The summed E-state index contributed by atoms with van der Waals surface area (Å²) in [5, 5.41) is 0. The summed E-state index contributed by atoms with van der Waals surface area (Å²) >= 11 is 0. The van der Waals surface area contributed by atoms with Crippen LogP contribution >= 0.6 is 0 Å². The maximum atomic E-state index is 11.1. The van der Waals surface area contributed by atoms with E-state index in [1.807, 2.05) is 41.1 Å². The van der Waals surface area contributed by atoms with Crippen LogP contribution in [0.15, 0.2) is 48.8 Å². The van der Waals surface area contributed by atoms with Gasteiger partial charge in [0, 0.05) is 11.6 Å². The molecule has 2 rings (SSSR count). The quantitative estimate of drug-likeness (QED) is 0.818. The van der Waals surface area contributed by atoms with Gasteiger partial charge < -0.3 is 10.5 Å². The first-order valence-electron chi connectivity index (χ1n) is 5.61. The number of methoxy groups -OCH3 is 1. The first-order chi connectivity index (χ1) is 8.69. The van der Waals surface area contributed by atoms with Crippen molar-refractivity contribution >= 4 is 5.91 Å². The van der Waals surface area contributed by atoms with Gasteiger partial charge in [0.2, 0.25) is 0 Å². The maximum absolute atomic E-state index is 11.1. The molecule has 0 aliphatic heterocycles. The molecule has 18 heavy (non-hydrogen) atoms. The lowest BCUT2D eigenvalue weighted by molar-refractivity contribution is -0.688. The largest absolute Gasteiger partial charge is 0.497 e. The number of ether oxygens (including phenoxy) is 1. The van der Waals surface area contributed by atoms with Gasteiger partial charge in [0.05, 0.1) is 7.11 Å². The van der Waals surface area contributed by atoms with Gasteiger partial charge in [-0.2, -0.15) is 4.57 Å². The highest BCUT2D eigenvalue weighted by Crippen LogP contribution is 2.10. The Kier molecular flexibility index (Phi) is 3.57. The van der Waals surface area contributed by atoms with E-state index in [0.717, 1.165) is 11.3 Å². The average molecular weight is 243 g/mol. The Bertz CT molecular complexity index is 550. The number of amides is 1. The second-order valence-corrected chi connectivity index (χ2v) is 3.98. The summed E-state index contributed by atoms with van der Waals surface area (Å²) in [4.78, 5) is 11.1. The number of carbonyl (C=O) groups is 1. The third-order valence-corrected chi connectivity index (χ3v) is 2.67. The lowest BCUT2D eigenvalue weighted by Crippen LogP contribution is -2.35. The predicted octanol–water partition coefficient (Wildman–Crippen LogP) is 1.13. The van der Waals surface area contributed by atoms with Gasteiger partial charge in [-0.05, 0) is 30.3 Å². The highest BCUT2D eigenvalue weighted by molar-refractivity contribution is 5.92. The van der Waals surface area contributed by atoms with Gasteiger partial charge in [-0.1, -0.05) is 0 Å². The van der Waals surface area contributed by atoms with E-state index in [2.05, 4.69) is 0 Å². The number of nitrogens with two attached hydrogens (primary N) is 1. The zero-order valence-electron chi connectivity index (χ0n) is 10.2. The van der Waals surface area contributed by atoms with Crippen LogP contribution in [0, 0.1) is 0 Å². The molecule has 0 aliphatic rings. The molecule has 1 aromatic heterocycles. The highest BCUT2D eigenvalue weighted by atomic mass is 16.5. The van der Waals surface area contributed by atoms with Crippen molar-refractivity contribution in [2.75, 3.05) is 7.11 Å². The summed E-state index contributed by atoms with van der Waals surface area (Å²) in [5.41, 5.74) is 6.88. The number of rotatable bonds is 4. The molecule has 4 heteroatoms. The Balaban J connectivity index is 2.17. The monoisotopic (exact) mass is 243 g/mol. The van der Waals surface area contributed by atoms with Crippen molar-refractivity contribution in [2.45, 2.75) is 6.54 Å². The number of benzene rings is 1. The van der Waals surface area contributed by atoms with Crippen molar-refractivity contribution in [3.8, 4) is 5.75 Å². The molecule has 2 N–H and O–H groups in total. The zero-order valence-corrected chi connectivity index (χ0v) is 10.2. The van der Waals surface area contributed by atoms with E-state index in [-0.39, 0.29) is 0 Å². The number of aromatic nitrogens is 1. The van der Waals surface area contributed by atoms with Crippen LogP contribution in [0.2, 0.25) is 0 Å². The van der Waals surface area contributed by atoms with E-state index in [1.165, 1.54) is 0 Å². The average Bonchev–Trinajstić information content (AvgIpc) is 2.40. The molecule has 0 bridgehead atoms. The molecular formula is C14H15N2O2+. The minimum atomic E-state index is -0.418. The van der Waals surface area contributed by atoms with Gasteiger partial charge in [0.25, 0.3) is 5.91 Å². The van der Waals surface area contributed by atoms with Gasteiger partial charge in [-0.25, -0.2) is 0 Å². The van der Waals surface area contributed by atoms with Crippen LogP contribution in [0.4, 0.5) is 0 Å². The Morgan fingerprint density at radius 1 is 1.28 bits per heavy atom. The van der Waals surface area contributed by atoms with Crippen molar-refractivity contribution in [1.29, 1.82) is 0 Å². The molecule has 0 unspecified atom stereocenters. The number of hydrogen-bond acceptors (Lipinski definition) is 2. The van der Waals surface area contributed by atoms with E-state index < -0.39 is 5.91 Å². The lowest BCUT2D eigenvalue weighted by Gasteiger charge is -2.01. The molecule has 1 amide bonds. The molecule has 0 radical (unpaired) electrons. The third kappa shape index (κ3) is 2.85. The topological polar surface area (TPSA) is 56.2 Å². The molecule has 0 aliphatic carbocycles. The van der Waals surface area contributed by atoms with Crippen molar-refractivity contribution in [2.24, 2.45) is 5.73 Å². The van der Waals surface area contributed by atoms with Crippen molar-refractivity contribution in [3.05, 3.63) is 59.9 Å². The van der Waals surface area contributed by atoms with Gasteiger partial charge >= 0.3 is 0 Å². The summed E-state index contributed by atoms with van der Waals surface area (Å²) in [6.45, 7) is 0.686.